The van der Waals surface area contributed by atoms with Gasteiger partial charge < -0.3 is 9.47 Å². The second-order valence-electron chi connectivity index (χ2n) is 5.11. The van der Waals surface area contributed by atoms with E-state index in [4.69, 9.17) is 9.47 Å². The molecule has 1 aromatic carbocycles. The topological polar surface area (TPSA) is 70.4 Å². The lowest BCUT2D eigenvalue weighted by molar-refractivity contribution is -0.157. The summed E-state index contributed by atoms with van der Waals surface area (Å²) in [5, 5.41) is 0. The van der Waals surface area contributed by atoms with E-state index in [1.54, 1.807) is 13.8 Å². The van der Waals surface area contributed by atoms with Gasteiger partial charge in [0.2, 0.25) is 6.10 Å². The molecule has 0 spiro atoms. The summed E-state index contributed by atoms with van der Waals surface area (Å²) in [6, 6.07) is 9.32. The van der Waals surface area contributed by atoms with Gasteiger partial charge in [-0.2, -0.15) is 0 Å². The lowest BCUT2D eigenvalue weighted by Gasteiger charge is -2.19. The van der Waals surface area contributed by atoms with Crippen molar-refractivity contribution >= 4 is 12.1 Å². The Bertz CT molecular complexity index is 608. The molecule has 0 N–H and O–H groups in total. The summed E-state index contributed by atoms with van der Waals surface area (Å²) in [5.41, 5.74) is 0.874. The van der Waals surface area contributed by atoms with E-state index in [0.717, 1.165) is 5.56 Å². The number of aromatic nitrogens is 2. The Hall–Kier alpha value is -2.63. The highest BCUT2D eigenvalue weighted by atomic mass is 16.6. The second kappa shape index (κ2) is 7.40. The zero-order chi connectivity index (χ0) is 15.9. The molecule has 1 atom stereocenters. The summed E-state index contributed by atoms with van der Waals surface area (Å²) in [6.45, 7) is 3.72. The average molecular weight is 302 g/mol. The molecule has 22 heavy (non-hydrogen) atoms. The number of hydrogen-bond donors (Lipinski definition) is 0. The lowest BCUT2D eigenvalue weighted by atomic mass is 10.1. The maximum absolute atomic E-state index is 12.1. The molecule has 2 rings (SSSR count). The van der Waals surface area contributed by atoms with Crippen LogP contribution in [0.5, 0.6) is 0 Å². The van der Waals surface area contributed by atoms with Crippen LogP contribution in [0.3, 0.4) is 0 Å². The molecule has 2 aromatic rings. The Labute approximate surface area is 128 Å². The van der Waals surface area contributed by atoms with Gasteiger partial charge in [-0.15, -0.1) is 0 Å². The van der Waals surface area contributed by atoms with Gasteiger partial charge in [-0.3, -0.25) is 0 Å². The highest BCUT2D eigenvalue weighted by Crippen LogP contribution is 2.12. The molecule has 0 saturated heterocycles. The van der Waals surface area contributed by atoms with E-state index in [9.17, 15) is 9.59 Å². The first kappa shape index (κ1) is 15.8. The van der Waals surface area contributed by atoms with Crippen LogP contribution < -0.4 is 0 Å². The third-order valence-corrected chi connectivity index (χ3v) is 3.00. The molecule has 0 aliphatic rings. The molecule has 116 valence electrons. The zero-order valence-electron chi connectivity index (χ0n) is 12.5. The fourth-order valence-electron chi connectivity index (χ4n) is 1.80. The van der Waals surface area contributed by atoms with Gasteiger partial charge in [0.25, 0.3) is 0 Å². The van der Waals surface area contributed by atoms with Crippen LogP contribution in [0, 0.1) is 5.92 Å². The summed E-state index contributed by atoms with van der Waals surface area (Å²) in [4.78, 5) is 27.8. The molecule has 0 radical (unpaired) electrons. The molecule has 0 fully saturated rings. The summed E-state index contributed by atoms with van der Waals surface area (Å²) in [7, 11) is 0. The van der Waals surface area contributed by atoms with Gasteiger partial charge in [-0.05, 0) is 5.56 Å². The minimum Gasteiger partial charge on any atom is -0.458 e. The molecule has 6 heteroatoms. The van der Waals surface area contributed by atoms with Crippen molar-refractivity contribution in [3.8, 4) is 0 Å². The first-order valence-corrected chi connectivity index (χ1v) is 6.97. The lowest BCUT2D eigenvalue weighted by Crippen LogP contribution is -2.34. The van der Waals surface area contributed by atoms with Gasteiger partial charge in [0.15, 0.2) is 0 Å². The van der Waals surface area contributed by atoms with Crippen LogP contribution in [-0.2, 0) is 20.9 Å². The molecule has 0 saturated carbocycles. The van der Waals surface area contributed by atoms with Crippen LogP contribution in [0.15, 0.2) is 49.1 Å². The Kier molecular flexibility index (Phi) is 5.30. The molecule has 0 aliphatic carbocycles. The third-order valence-electron chi connectivity index (χ3n) is 3.00. The van der Waals surface area contributed by atoms with E-state index in [1.807, 2.05) is 30.3 Å². The standard InChI is InChI=1S/C16H18N2O4/c1-12(2)14(22-16(20)18-9-8-17-11-18)15(19)21-10-13-6-4-3-5-7-13/h3-9,11-12,14H,10H2,1-2H3/t14-/m0/s1. The van der Waals surface area contributed by atoms with Gasteiger partial charge >= 0.3 is 12.1 Å². The van der Waals surface area contributed by atoms with E-state index >= 15 is 0 Å². The number of carbonyl (C=O) groups excluding carboxylic acids is 2. The minimum atomic E-state index is -0.960. The van der Waals surface area contributed by atoms with Gasteiger partial charge in [0, 0.05) is 18.3 Å². The maximum atomic E-state index is 12.1. The molecular weight excluding hydrogens is 284 g/mol. The van der Waals surface area contributed by atoms with Crippen molar-refractivity contribution in [2.75, 3.05) is 0 Å². The molecule has 1 aromatic heterocycles. The van der Waals surface area contributed by atoms with Crippen molar-refractivity contribution < 1.29 is 19.1 Å². The minimum absolute atomic E-state index is 0.144. The smallest absolute Gasteiger partial charge is 0.420 e. The van der Waals surface area contributed by atoms with Crippen molar-refractivity contribution in [3.05, 3.63) is 54.6 Å². The monoisotopic (exact) mass is 302 g/mol. The van der Waals surface area contributed by atoms with E-state index in [-0.39, 0.29) is 12.5 Å². The number of esters is 1. The number of benzene rings is 1. The predicted octanol–water partition coefficient (Wildman–Crippen LogP) is 2.64. The molecule has 0 aliphatic heterocycles. The number of rotatable bonds is 5. The van der Waals surface area contributed by atoms with E-state index in [2.05, 4.69) is 4.98 Å². The Morgan fingerprint density at radius 2 is 1.95 bits per heavy atom. The first-order valence-electron chi connectivity index (χ1n) is 6.97. The molecule has 0 unspecified atom stereocenters. The van der Waals surface area contributed by atoms with E-state index in [0.29, 0.717) is 0 Å². The number of nitrogens with zero attached hydrogens (tertiary/aromatic N) is 2. The molecule has 6 nitrogen and oxygen atoms in total. The van der Waals surface area contributed by atoms with Crippen molar-refractivity contribution in [2.24, 2.45) is 5.92 Å². The number of imidazole rings is 1. The fraction of sp³-hybridized carbons (Fsp3) is 0.312. The van der Waals surface area contributed by atoms with Crippen LogP contribution in [0.4, 0.5) is 4.79 Å². The second-order valence-corrected chi connectivity index (χ2v) is 5.11. The van der Waals surface area contributed by atoms with Gasteiger partial charge in [0.05, 0.1) is 0 Å². The van der Waals surface area contributed by atoms with Gasteiger partial charge in [0.1, 0.15) is 12.9 Å². The van der Waals surface area contributed by atoms with Crippen molar-refractivity contribution in [3.63, 3.8) is 0 Å². The quantitative estimate of drug-likeness (QED) is 0.794. The van der Waals surface area contributed by atoms with Crippen molar-refractivity contribution in [1.29, 1.82) is 0 Å². The molecule has 0 bridgehead atoms. The normalized spacial score (nSPS) is 12.0. The Morgan fingerprint density at radius 1 is 1.23 bits per heavy atom. The number of ether oxygens (including phenoxy) is 2. The molecular formula is C16H18N2O4. The van der Waals surface area contributed by atoms with Crippen molar-refractivity contribution in [2.45, 2.75) is 26.6 Å². The first-order chi connectivity index (χ1) is 10.6. The molecule has 0 amide bonds. The van der Waals surface area contributed by atoms with Gasteiger partial charge in [-0.25, -0.2) is 19.1 Å². The predicted molar refractivity (Wildman–Crippen MR) is 79.0 cm³/mol. The van der Waals surface area contributed by atoms with Crippen LogP contribution in [0.2, 0.25) is 0 Å². The highest BCUT2D eigenvalue weighted by Gasteiger charge is 2.28. The summed E-state index contributed by atoms with van der Waals surface area (Å²) >= 11 is 0. The SMILES string of the molecule is CC(C)[C@H](OC(=O)n1ccnc1)C(=O)OCc1ccccc1. The van der Waals surface area contributed by atoms with Gasteiger partial charge in [-0.1, -0.05) is 44.2 Å². The Morgan fingerprint density at radius 3 is 2.55 bits per heavy atom. The zero-order valence-corrected chi connectivity index (χ0v) is 12.5. The largest absolute Gasteiger partial charge is 0.458 e. The van der Waals surface area contributed by atoms with E-state index < -0.39 is 18.2 Å². The van der Waals surface area contributed by atoms with Crippen LogP contribution in [-0.4, -0.2) is 27.7 Å². The summed E-state index contributed by atoms with van der Waals surface area (Å²) < 4.78 is 11.6. The Balaban J connectivity index is 1.95. The number of hydrogen-bond acceptors (Lipinski definition) is 5. The van der Waals surface area contributed by atoms with Crippen LogP contribution in [0.25, 0.3) is 0 Å². The summed E-state index contributed by atoms with van der Waals surface area (Å²) in [5.74, 6) is -0.761. The van der Waals surface area contributed by atoms with Crippen molar-refractivity contribution in [1.82, 2.24) is 9.55 Å². The number of carbonyl (C=O) groups is 2. The maximum Gasteiger partial charge on any atom is 0.420 e. The highest BCUT2D eigenvalue weighted by molar-refractivity contribution is 5.79. The summed E-state index contributed by atoms with van der Waals surface area (Å²) in [6.07, 6.45) is 2.61. The molecule has 1 heterocycles. The average Bonchev–Trinajstić information content (AvgIpc) is 3.05. The fourth-order valence-corrected chi connectivity index (χ4v) is 1.80. The van der Waals surface area contributed by atoms with E-state index in [1.165, 1.54) is 23.3 Å². The van der Waals surface area contributed by atoms with Crippen LogP contribution >= 0.6 is 0 Å². The van der Waals surface area contributed by atoms with Crippen LogP contribution in [0.1, 0.15) is 19.4 Å². The third kappa shape index (κ3) is 4.18.